The molecule has 4 aromatic rings. The van der Waals surface area contributed by atoms with E-state index in [4.69, 9.17) is 14.4 Å². The van der Waals surface area contributed by atoms with Gasteiger partial charge >= 0.3 is 5.97 Å². The van der Waals surface area contributed by atoms with Gasteiger partial charge in [-0.25, -0.2) is 8.78 Å². The van der Waals surface area contributed by atoms with Gasteiger partial charge < -0.3 is 14.4 Å². The molecule has 1 aromatic heterocycles. The fourth-order valence-electron chi connectivity index (χ4n) is 5.12. The average molecular weight is 504 g/mol. The minimum absolute atomic E-state index is 0.00731. The number of hydrogen-bond acceptors (Lipinski definition) is 6. The lowest BCUT2D eigenvalue weighted by atomic mass is 9.79. The van der Waals surface area contributed by atoms with E-state index in [-0.39, 0.29) is 23.4 Å². The van der Waals surface area contributed by atoms with Crippen LogP contribution in [-0.4, -0.2) is 39.3 Å². The summed E-state index contributed by atoms with van der Waals surface area (Å²) in [5, 5.41) is 13.2. The molecular formula is C28H23F2N3O4. The number of rotatable bonds is 6. The molecule has 9 heteroatoms. The van der Waals surface area contributed by atoms with E-state index in [1.807, 2.05) is 18.2 Å². The van der Waals surface area contributed by atoms with Gasteiger partial charge in [0.05, 0.1) is 18.6 Å². The van der Waals surface area contributed by atoms with Crippen LogP contribution in [0.2, 0.25) is 0 Å². The topological polar surface area (TPSA) is 88.7 Å². The highest BCUT2D eigenvalue weighted by molar-refractivity contribution is 5.75. The van der Waals surface area contributed by atoms with Crippen LogP contribution in [0.1, 0.15) is 24.0 Å². The molecule has 1 fully saturated rings. The molecular weight excluding hydrogens is 480 g/mol. The predicted octanol–water partition coefficient (Wildman–Crippen LogP) is 5.54. The smallest absolute Gasteiger partial charge is 0.306 e. The summed E-state index contributed by atoms with van der Waals surface area (Å²) in [5.41, 5.74) is 4.05. The van der Waals surface area contributed by atoms with E-state index in [9.17, 15) is 9.18 Å². The van der Waals surface area contributed by atoms with Crippen molar-refractivity contribution in [3.05, 3.63) is 77.4 Å². The number of benzene rings is 3. The lowest BCUT2D eigenvalue weighted by Crippen LogP contribution is -2.44. The number of nitrogens with zero attached hydrogens (tertiary/aromatic N) is 3. The Morgan fingerprint density at radius 2 is 1.84 bits per heavy atom. The highest BCUT2D eigenvalue weighted by atomic mass is 19.1. The molecule has 0 bridgehead atoms. The number of carboxylic acid groups (broad SMARTS) is 1. The molecule has 0 spiro atoms. The first-order valence-electron chi connectivity index (χ1n) is 12.0. The van der Waals surface area contributed by atoms with E-state index in [0.29, 0.717) is 35.5 Å². The summed E-state index contributed by atoms with van der Waals surface area (Å²) in [4.78, 5) is 17.9. The van der Waals surface area contributed by atoms with Gasteiger partial charge in [0.1, 0.15) is 17.4 Å². The van der Waals surface area contributed by atoms with Crippen LogP contribution in [0.3, 0.4) is 0 Å². The largest absolute Gasteiger partial charge is 0.496 e. The molecule has 1 N–H and O–H groups in total. The van der Waals surface area contributed by atoms with Crippen LogP contribution in [0, 0.1) is 17.6 Å². The van der Waals surface area contributed by atoms with Crippen LogP contribution in [0.4, 0.5) is 8.78 Å². The first kappa shape index (κ1) is 23.3. The van der Waals surface area contributed by atoms with Crippen LogP contribution in [0.25, 0.3) is 34.0 Å². The van der Waals surface area contributed by atoms with E-state index < -0.39 is 17.6 Å². The highest BCUT2D eigenvalue weighted by Crippen LogP contribution is 2.39. The lowest BCUT2D eigenvalue weighted by molar-refractivity contribution is -0.147. The molecule has 1 saturated carbocycles. The molecule has 2 heterocycles. The van der Waals surface area contributed by atoms with Gasteiger partial charge in [-0.15, -0.1) is 0 Å². The van der Waals surface area contributed by atoms with Crippen molar-refractivity contribution in [3.63, 3.8) is 0 Å². The molecule has 0 saturated heterocycles. The quantitative estimate of drug-likeness (QED) is 0.370. The number of aromatic nitrogens is 2. The van der Waals surface area contributed by atoms with Gasteiger partial charge in [-0.1, -0.05) is 29.4 Å². The third-order valence-corrected chi connectivity index (χ3v) is 7.27. The second-order valence-corrected chi connectivity index (χ2v) is 9.51. The standard InChI is InChI=1S/C28H23F2N3O4/c1-36-25-12-23(24(30)11-22(25)15-3-2-4-20(29)8-15)27-31-26(32-37-27)16-5-6-17-13-33(14-19(17)7-16)21-9-18(10-21)28(34)35/h2-8,11-12,18,21H,9-10,13-14H2,1H3,(H,34,35). The van der Waals surface area contributed by atoms with Crippen LogP contribution in [0.15, 0.2) is 59.1 Å². The summed E-state index contributed by atoms with van der Waals surface area (Å²) in [5.74, 6) is -1.31. The van der Waals surface area contributed by atoms with Crippen molar-refractivity contribution in [2.45, 2.75) is 32.0 Å². The van der Waals surface area contributed by atoms with E-state index in [1.54, 1.807) is 12.1 Å². The Kier molecular flexibility index (Phi) is 5.72. The monoisotopic (exact) mass is 503 g/mol. The normalized spacial score (nSPS) is 18.9. The minimum atomic E-state index is -0.721. The number of hydrogen-bond donors (Lipinski definition) is 1. The average Bonchev–Trinajstić information content (AvgIpc) is 3.49. The van der Waals surface area contributed by atoms with E-state index >= 15 is 4.39 Å². The second kappa shape index (κ2) is 9.08. The summed E-state index contributed by atoms with van der Waals surface area (Å²) in [7, 11) is 1.46. The molecule has 37 heavy (non-hydrogen) atoms. The molecule has 0 atom stereocenters. The first-order valence-corrected chi connectivity index (χ1v) is 12.0. The number of carboxylic acids is 1. The van der Waals surface area contributed by atoms with Crippen molar-refractivity contribution in [1.29, 1.82) is 0 Å². The number of carbonyl (C=O) groups is 1. The molecule has 188 valence electrons. The Balaban J connectivity index is 1.24. The minimum Gasteiger partial charge on any atom is -0.496 e. The van der Waals surface area contributed by atoms with Gasteiger partial charge in [0.2, 0.25) is 5.82 Å². The van der Waals surface area contributed by atoms with Crippen LogP contribution >= 0.6 is 0 Å². The summed E-state index contributed by atoms with van der Waals surface area (Å²) in [6.45, 7) is 1.52. The lowest BCUT2D eigenvalue weighted by Gasteiger charge is -2.39. The number of halogens is 2. The molecule has 6 rings (SSSR count). The fourth-order valence-corrected chi connectivity index (χ4v) is 5.12. The number of fused-ring (bicyclic) bond motifs is 1. The van der Waals surface area contributed by atoms with Gasteiger partial charge in [0.25, 0.3) is 5.89 Å². The van der Waals surface area contributed by atoms with E-state index in [1.165, 1.54) is 36.9 Å². The van der Waals surface area contributed by atoms with E-state index in [0.717, 1.165) is 24.2 Å². The summed E-state index contributed by atoms with van der Waals surface area (Å²) in [6.07, 6.45) is 1.36. The van der Waals surface area contributed by atoms with Crippen LogP contribution < -0.4 is 4.74 Å². The molecule has 0 radical (unpaired) electrons. The maximum absolute atomic E-state index is 15.1. The van der Waals surface area contributed by atoms with Crippen molar-refractivity contribution < 1.29 is 27.9 Å². The van der Waals surface area contributed by atoms with Gasteiger partial charge in [0, 0.05) is 30.3 Å². The third-order valence-electron chi connectivity index (χ3n) is 7.27. The van der Waals surface area contributed by atoms with Gasteiger partial charge in [-0.3, -0.25) is 9.69 Å². The summed E-state index contributed by atoms with van der Waals surface area (Å²) < 4.78 is 39.7. The third kappa shape index (κ3) is 4.25. The second-order valence-electron chi connectivity index (χ2n) is 9.51. The van der Waals surface area contributed by atoms with Gasteiger partial charge in [-0.2, -0.15) is 4.98 Å². The highest BCUT2D eigenvalue weighted by Gasteiger charge is 2.39. The van der Waals surface area contributed by atoms with Gasteiger partial charge in [0.15, 0.2) is 0 Å². The Bertz CT molecular complexity index is 1510. The van der Waals surface area contributed by atoms with E-state index in [2.05, 4.69) is 15.0 Å². The van der Waals surface area contributed by atoms with Crippen molar-refractivity contribution in [3.8, 4) is 39.7 Å². The van der Waals surface area contributed by atoms with Crippen molar-refractivity contribution in [1.82, 2.24) is 15.0 Å². The van der Waals surface area contributed by atoms with Crippen molar-refractivity contribution in [2.24, 2.45) is 5.92 Å². The molecule has 0 amide bonds. The summed E-state index contributed by atoms with van der Waals surface area (Å²) in [6, 6.07) is 14.8. The number of aliphatic carboxylic acids is 1. The number of methoxy groups -OCH3 is 1. The predicted molar refractivity (Wildman–Crippen MR) is 130 cm³/mol. The van der Waals surface area contributed by atoms with Crippen molar-refractivity contribution in [2.75, 3.05) is 7.11 Å². The molecule has 2 aliphatic rings. The molecule has 1 aliphatic heterocycles. The summed E-state index contributed by atoms with van der Waals surface area (Å²) >= 11 is 0. The Hall–Kier alpha value is -4.11. The maximum Gasteiger partial charge on any atom is 0.306 e. The first-order chi connectivity index (χ1) is 17.9. The fraction of sp³-hybridized carbons (Fsp3) is 0.250. The molecule has 1 aliphatic carbocycles. The van der Waals surface area contributed by atoms with Gasteiger partial charge in [-0.05, 0) is 59.9 Å². The SMILES string of the molecule is COc1cc(-c2nc(-c3ccc4c(c3)CN(C3CC(C(=O)O)C3)C4)no2)c(F)cc1-c1cccc(F)c1. The Morgan fingerprint density at radius 3 is 2.59 bits per heavy atom. The van der Waals surface area contributed by atoms with Crippen molar-refractivity contribution >= 4 is 5.97 Å². The molecule has 3 aromatic carbocycles. The zero-order valence-electron chi connectivity index (χ0n) is 19.9. The zero-order chi connectivity index (χ0) is 25.7. The number of ether oxygens (including phenoxy) is 1. The Labute approximate surface area is 211 Å². The zero-order valence-corrected chi connectivity index (χ0v) is 19.9. The molecule has 0 unspecified atom stereocenters. The Morgan fingerprint density at radius 1 is 1.03 bits per heavy atom. The maximum atomic E-state index is 15.1. The molecule has 7 nitrogen and oxygen atoms in total. The van der Waals surface area contributed by atoms with Crippen LogP contribution in [-0.2, 0) is 17.9 Å². The van der Waals surface area contributed by atoms with Crippen LogP contribution in [0.5, 0.6) is 5.75 Å².